The molecular weight excluding hydrogens is 266 g/mol. The molecule has 0 bridgehead atoms. The van der Waals surface area contributed by atoms with Crippen molar-refractivity contribution in [3.8, 4) is 0 Å². The second kappa shape index (κ2) is 7.19. The summed E-state index contributed by atoms with van der Waals surface area (Å²) in [7, 11) is 1.58. The minimum Gasteiger partial charge on any atom is -0.480 e. The molecule has 0 aliphatic heterocycles. The number of hydrogen-bond donors (Lipinski definition) is 3. The van der Waals surface area contributed by atoms with Crippen LogP contribution in [0.15, 0.2) is 24.3 Å². The molecule has 3 N–H and O–H groups in total. The van der Waals surface area contributed by atoms with Crippen LogP contribution in [0.4, 0.5) is 5.69 Å². The molecule has 8 heteroatoms. The summed E-state index contributed by atoms with van der Waals surface area (Å²) in [5.41, 5.74) is 0.521. The van der Waals surface area contributed by atoms with Crippen molar-refractivity contribution in [2.45, 2.75) is 12.5 Å². The summed E-state index contributed by atoms with van der Waals surface area (Å²) in [6.07, 6.45) is 0.0583. The van der Waals surface area contributed by atoms with Crippen molar-refractivity contribution >= 4 is 17.6 Å². The summed E-state index contributed by atoms with van der Waals surface area (Å²) in [6.45, 7) is 0.0179. The number of carboxylic acid groups (broad SMARTS) is 1. The number of nitro benzene ring substituents is 1. The molecule has 108 valence electrons. The van der Waals surface area contributed by atoms with E-state index < -0.39 is 22.8 Å². The zero-order chi connectivity index (χ0) is 15.1. The van der Waals surface area contributed by atoms with Crippen LogP contribution < -0.4 is 10.6 Å². The van der Waals surface area contributed by atoms with Gasteiger partial charge in [-0.25, -0.2) is 4.79 Å². The lowest BCUT2D eigenvalue weighted by Gasteiger charge is -2.14. The van der Waals surface area contributed by atoms with Gasteiger partial charge in [0.1, 0.15) is 6.04 Å². The molecule has 0 spiro atoms. The highest BCUT2D eigenvalue weighted by Crippen LogP contribution is 2.13. The number of benzene rings is 1. The number of aliphatic carboxylic acids is 1. The molecule has 1 aromatic carbocycles. The van der Waals surface area contributed by atoms with Crippen LogP contribution in [0.1, 0.15) is 5.56 Å². The zero-order valence-corrected chi connectivity index (χ0v) is 10.8. The fraction of sp³-hybridized carbons (Fsp3) is 0.333. The second-order valence-corrected chi connectivity index (χ2v) is 4.12. The van der Waals surface area contributed by atoms with Crippen molar-refractivity contribution < 1.29 is 19.6 Å². The monoisotopic (exact) mass is 281 g/mol. The van der Waals surface area contributed by atoms with Crippen LogP contribution in [0.3, 0.4) is 0 Å². The van der Waals surface area contributed by atoms with E-state index in [0.717, 1.165) is 0 Å². The van der Waals surface area contributed by atoms with Crippen molar-refractivity contribution in [1.82, 2.24) is 10.6 Å². The van der Waals surface area contributed by atoms with Crippen molar-refractivity contribution in [3.63, 3.8) is 0 Å². The van der Waals surface area contributed by atoms with Gasteiger partial charge in [-0.3, -0.25) is 14.9 Å². The Morgan fingerprint density at radius 3 is 2.40 bits per heavy atom. The van der Waals surface area contributed by atoms with E-state index in [-0.39, 0.29) is 18.7 Å². The molecule has 0 aliphatic carbocycles. The van der Waals surface area contributed by atoms with Gasteiger partial charge in [-0.2, -0.15) is 0 Å². The van der Waals surface area contributed by atoms with E-state index in [1.807, 2.05) is 0 Å². The van der Waals surface area contributed by atoms with Crippen molar-refractivity contribution in [3.05, 3.63) is 39.9 Å². The van der Waals surface area contributed by atoms with Gasteiger partial charge in [-0.1, -0.05) is 12.1 Å². The van der Waals surface area contributed by atoms with Gasteiger partial charge in [-0.15, -0.1) is 0 Å². The molecule has 0 saturated heterocycles. The number of non-ortho nitro benzene ring substituents is 1. The molecule has 0 radical (unpaired) electrons. The molecule has 1 rings (SSSR count). The Hall–Kier alpha value is -2.48. The number of nitrogens with zero attached hydrogens (tertiary/aromatic N) is 1. The summed E-state index contributed by atoms with van der Waals surface area (Å²) in [5.74, 6) is -1.59. The molecule has 1 atom stereocenters. The highest BCUT2D eigenvalue weighted by Gasteiger charge is 2.20. The average molecular weight is 281 g/mol. The maximum absolute atomic E-state index is 11.4. The fourth-order valence-electron chi connectivity index (χ4n) is 1.60. The third-order valence-electron chi connectivity index (χ3n) is 2.56. The standard InChI is InChI=1S/C12H15N3O5/c1-13-7-11(16)14-10(12(17)18)6-8-2-4-9(5-3-8)15(19)20/h2-5,10,13H,6-7H2,1H3,(H,14,16)(H,17,18)/t10-/m0/s1. The first-order valence-corrected chi connectivity index (χ1v) is 5.84. The number of carboxylic acids is 1. The summed E-state index contributed by atoms with van der Waals surface area (Å²) < 4.78 is 0. The molecule has 0 heterocycles. The number of carbonyl (C=O) groups excluding carboxylic acids is 1. The molecule has 0 aliphatic rings. The van der Waals surface area contributed by atoms with E-state index in [2.05, 4.69) is 10.6 Å². The number of carbonyl (C=O) groups is 2. The van der Waals surface area contributed by atoms with Crippen molar-refractivity contribution in [1.29, 1.82) is 0 Å². The van der Waals surface area contributed by atoms with Gasteiger partial charge in [0.25, 0.3) is 5.69 Å². The summed E-state index contributed by atoms with van der Waals surface area (Å²) >= 11 is 0. The Morgan fingerprint density at radius 2 is 1.95 bits per heavy atom. The molecule has 0 fully saturated rings. The van der Waals surface area contributed by atoms with Gasteiger partial charge in [0.05, 0.1) is 11.5 Å². The van der Waals surface area contributed by atoms with Crippen LogP contribution in [-0.4, -0.2) is 41.5 Å². The lowest BCUT2D eigenvalue weighted by molar-refractivity contribution is -0.384. The van der Waals surface area contributed by atoms with Crippen LogP contribution in [-0.2, 0) is 16.0 Å². The Kier molecular flexibility index (Phi) is 5.60. The fourth-order valence-corrected chi connectivity index (χ4v) is 1.60. The predicted octanol–water partition coefficient (Wildman–Crippen LogP) is -0.0739. The first-order chi connectivity index (χ1) is 9.43. The van der Waals surface area contributed by atoms with Crippen LogP contribution in [0, 0.1) is 10.1 Å². The minimum absolute atomic E-state index is 0.0179. The van der Waals surface area contributed by atoms with Gasteiger partial charge < -0.3 is 15.7 Å². The van der Waals surface area contributed by atoms with Crippen LogP contribution in [0.2, 0.25) is 0 Å². The molecular formula is C12H15N3O5. The van der Waals surface area contributed by atoms with E-state index in [0.29, 0.717) is 5.56 Å². The zero-order valence-electron chi connectivity index (χ0n) is 10.8. The lowest BCUT2D eigenvalue weighted by atomic mass is 10.1. The number of likely N-dealkylation sites (N-methyl/N-ethyl adjacent to an activating group) is 1. The Bertz CT molecular complexity index is 500. The minimum atomic E-state index is -1.16. The van der Waals surface area contributed by atoms with E-state index in [9.17, 15) is 19.7 Å². The maximum Gasteiger partial charge on any atom is 0.326 e. The Labute approximate surface area is 114 Å². The van der Waals surface area contributed by atoms with Gasteiger partial charge in [-0.05, 0) is 12.6 Å². The molecule has 0 aromatic heterocycles. The van der Waals surface area contributed by atoms with E-state index >= 15 is 0 Å². The molecule has 0 unspecified atom stereocenters. The van der Waals surface area contributed by atoms with E-state index in [1.54, 1.807) is 7.05 Å². The highest BCUT2D eigenvalue weighted by molar-refractivity contribution is 5.84. The normalized spacial score (nSPS) is 11.7. The number of amides is 1. The quantitative estimate of drug-likeness (QED) is 0.475. The Morgan fingerprint density at radius 1 is 1.35 bits per heavy atom. The summed E-state index contributed by atoms with van der Waals surface area (Å²) in [4.78, 5) is 32.4. The highest BCUT2D eigenvalue weighted by atomic mass is 16.6. The van der Waals surface area contributed by atoms with E-state index in [4.69, 9.17) is 5.11 Å². The van der Waals surface area contributed by atoms with E-state index in [1.165, 1.54) is 24.3 Å². The molecule has 0 saturated carbocycles. The SMILES string of the molecule is CNCC(=O)N[C@@H](Cc1ccc([N+](=O)[O-])cc1)C(=O)O. The van der Waals surface area contributed by atoms with Crippen molar-refractivity contribution in [2.75, 3.05) is 13.6 Å². The first-order valence-electron chi connectivity index (χ1n) is 5.84. The van der Waals surface area contributed by atoms with Gasteiger partial charge in [0.15, 0.2) is 0 Å². The van der Waals surface area contributed by atoms with Gasteiger partial charge in [0, 0.05) is 18.6 Å². The number of nitro groups is 1. The number of nitrogens with one attached hydrogen (secondary N) is 2. The number of rotatable bonds is 7. The van der Waals surface area contributed by atoms with Gasteiger partial charge >= 0.3 is 5.97 Å². The average Bonchev–Trinajstić information content (AvgIpc) is 2.38. The topological polar surface area (TPSA) is 122 Å². The summed E-state index contributed by atoms with van der Waals surface area (Å²) in [6, 6.07) is 4.46. The lowest BCUT2D eigenvalue weighted by Crippen LogP contribution is -2.45. The maximum atomic E-state index is 11.4. The largest absolute Gasteiger partial charge is 0.480 e. The van der Waals surface area contributed by atoms with Crippen LogP contribution in [0.25, 0.3) is 0 Å². The van der Waals surface area contributed by atoms with Crippen molar-refractivity contribution in [2.24, 2.45) is 0 Å². The summed E-state index contributed by atoms with van der Waals surface area (Å²) in [5, 5.41) is 24.5. The first kappa shape index (κ1) is 15.6. The predicted molar refractivity (Wildman–Crippen MR) is 70.3 cm³/mol. The van der Waals surface area contributed by atoms with Crippen LogP contribution >= 0.6 is 0 Å². The second-order valence-electron chi connectivity index (χ2n) is 4.12. The van der Waals surface area contributed by atoms with Crippen LogP contribution in [0.5, 0.6) is 0 Å². The number of hydrogen-bond acceptors (Lipinski definition) is 5. The van der Waals surface area contributed by atoms with Gasteiger partial charge in [0.2, 0.25) is 5.91 Å². The Balaban J connectivity index is 2.72. The molecule has 8 nitrogen and oxygen atoms in total. The molecule has 20 heavy (non-hydrogen) atoms. The molecule has 1 amide bonds. The smallest absolute Gasteiger partial charge is 0.326 e. The third-order valence-corrected chi connectivity index (χ3v) is 2.56. The third kappa shape index (κ3) is 4.65. The molecule has 1 aromatic rings.